The van der Waals surface area contributed by atoms with E-state index in [2.05, 4.69) is 17.0 Å². The van der Waals surface area contributed by atoms with Gasteiger partial charge in [0.25, 0.3) is 0 Å². The number of fused-ring (bicyclic) bond motifs is 1. The molecule has 2 rings (SSSR count). The number of nitriles is 2. The third-order valence-corrected chi connectivity index (χ3v) is 3.99. The Bertz CT molecular complexity index is 574. The van der Waals surface area contributed by atoms with Crippen LogP contribution in [0.1, 0.15) is 55.5 Å². The SMILES string of the molecule is CCN(CC)c1nc2c(c(C#N)c1C#N)CCCCC2. The van der Waals surface area contributed by atoms with E-state index in [0.717, 1.165) is 50.0 Å². The summed E-state index contributed by atoms with van der Waals surface area (Å²) in [5, 5.41) is 19.0. The minimum absolute atomic E-state index is 0.455. The van der Waals surface area contributed by atoms with Crippen LogP contribution in [0.15, 0.2) is 0 Å². The highest BCUT2D eigenvalue weighted by Gasteiger charge is 2.22. The molecule has 0 saturated carbocycles. The van der Waals surface area contributed by atoms with Gasteiger partial charge in [-0.3, -0.25) is 0 Å². The number of hydrogen-bond donors (Lipinski definition) is 0. The Hall–Kier alpha value is -2.07. The number of pyridine rings is 1. The van der Waals surface area contributed by atoms with Crippen LogP contribution in [0.25, 0.3) is 0 Å². The quantitative estimate of drug-likeness (QED) is 0.791. The molecule has 0 unspecified atom stereocenters. The number of hydrogen-bond acceptors (Lipinski definition) is 4. The van der Waals surface area contributed by atoms with Gasteiger partial charge in [0.05, 0.1) is 5.56 Å². The van der Waals surface area contributed by atoms with Gasteiger partial charge in [-0.05, 0) is 45.1 Å². The highest BCUT2D eigenvalue weighted by atomic mass is 15.2. The van der Waals surface area contributed by atoms with Gasteiger partial charge in [-0.15, -0.1) is 0 Å². The van der Waals surface area contributed by atoms with E-state index in [4.69, 9.17) is 4.98 Å². The topological polar surface area (TPSA) is 63.7 Å². The second-order valence-corrected chi connectivity index (χ2v) is 5.07. The van der Waals surface area contributed by atoms with Crippen molar-refractivity contribution >= 4 is 5.82 Å². The molecular weight excluding hydrogens is 248 g/mol. The van der Waals surface area contributed by atoms with Gasteiger partial charge in [-0.25, -0.2) is 4.98 Å². The van der Waals surface area contributed by atoms with Crippen molar-refractivity contribution in [1.82, 2.24) is 4.98 Å². The van der Waals surface area contributed by atoms with Crippen LogP contribution in [0, 0.1) is 22.7 Å². The fourth-order valence-corrected chi connectivity index (χ4v) is 2.89. The first-order valence-corrected chi connectivity index (χ1v) is 7.37. The van der Waals surface area contributed by atoms with Crippen molar-refractivity contribution in [3.63, 3.8) is 0 Å². The van der Waals surface area contributed by atoms with Crippen LogP contribution in [0.5, 0.6) is 0 Å². The minimum atomic E-state index is 0.455. The van der Waals surface area contributed by atoms with Crippen molar-refractivity contribution in [2.45, 2.75) is 46.0 Å². The van der Waals surface area contributed by atoms with E-state index < -0.39 is 0 Å². The van der Waals surface area contributed by atoms with E-state index in [-0.39, 0.29) is 0 Å². The maximum absolute atomic E-state index is 9.50. The molecule has 1 heterocycles. The molecule has 0 radical (unpaired) electrons. The summed E-state index contributed by atoms with van der Waals surface area (Å²) in [6, 6.07) is 4.46. The van der Waals surface area contributed by atoms with Gasteiger partial charge in [0, 0.05) is 18.8 Å². The van der Waals surface area contributed by atoms with Gasteiger partial charge in [-0.2, -0.15) is 10.5 Å². The Morgan fingerprint density at radius 1 is 1.00 bits per heavy atom. The van der Waals surface area contributed by atoms with Crippen molar-refractivity contribution in [2.24, 2.45) is 0 Å². The molecule has 104 valence electrons. The largest absolute Gasteiger partial charge is 0.356 e. The van der Waals surface area contributed by atoms with Crippen LogP contribution in [-0.2, 0) is 12.8 Å². The van der Waals surface area contributed by atoms with E-state index in [0.29, 0.717) is 16.9 Å². The summed E-state index contributed by atoms with van der Waals surface area (Å²) in [6.45, 7) is 5.68. The van der Waals surface area contributed by atoms with Gasteiger partial charge in [-0.1, -0.05) is 6.42 Å². The highest BCUT2D eigenvalue weighted by Crippen LogP contribution is 2.30. The monoisotopic (exact) mass is 268 g/mol. The molecule has 20 heavy (non-hydrogen) atoms. The molecule has 0 saturated heterocycles. The fourth-order valence-electron chi connectivity index (χ4n) is 2.89. The van der Waals surface area contributed by atoms with Crippen LogP contribution < -0.4 is 4.90 Å². The minimum Gasteiger partial charge on any atom is -0.356 e. The van der Waals surface area contributed by atoms with Crippen molar-refractivity contribution in [3.8, 4) is 12.1 Å². The highest BCUT2D eigenvalue weighted by molar-refractivity contribution is 5.65. The normalized spacial score (nSPS) is 13.8. The average Bonchev–Trinajstić information content (AvgIpc) is 2.72. The Labute approximate surface area is 120 Å². The van der Waals surface area contributed by atoms with Gasteiger partial charge < -0.3 is 4.90 Å². The number of rotatable bonds is 3. The second kappa shape index (κ2) is 6.39. The third kappa shape index (κ3) is 2.47. The molecule has 0 spiro atoms. The first kappa shape index (κ1) is 14.3. The fraction of sp³-hybridized carbons (Fsp3) is 0.562. The first-order valence-electron chi connectivity index (χ1n) is 7.37. The molecule has 0 aromatic carbocycles. The molecule has 4 nitrogen and oxygen atoms in total. The number of aryl methyl sites for hydroxylation is 1. The molecule has 0 atom stereocenters. The molecule has 1 aliphatic carbocycles. The van der Waals surface area contributed by atoms with Crippen LogP contribution in [0.3, 0.4) is 0 Å². The van der Waals surface area contributed by atoms with E-state index in [1.807, 2.05) is 13.8 Å². The molecule has 0 fully saturated rings. The summed E-state index contributed by atoms with van der Waals surface area (Å²) >= 11 is 0. The number of nitrogens with zero attached hydrogens (tertiary/aromatic N) is 4. The van der Waals surface area contributed by atoms with E-state index in [1.54, 1.807) is 0 Å². The summed E-state index contributed by atoms with van der Waals surface area (Å²) in [6.07, 6.45) is 5.17. The van der Waals surface area contributed by atoms with Crippen LogP contribution in [0.4, 0.5) is 5.82 Å². The molecule has 0 amide bonds. The van der Waals surface area contributed by atoms with Gasteiger partial charge in [0.1, 0.15) is 23.5 Å². The van der Waals surface area contributed by atoms with Gasteiger partial charge >= 0.3 is 0 Å². The summed E-state index contributed by atoms with van der Waals surface area (Å²) in [5.41, 5.74) is 3.05. The molecule has 0 bridgehead atoms. The summed E-state index contributed by atoms with van der Waals surface area (Å²) in [4.78, 5) is 6.81. The van der Waals surface area contributed by atoms with E-state index >= 15 is 0 Å². The molecule has 4 heteroatoms. The smallest absolute Gasteiger partial charge is 0.148 e. The predicted octanol–water partition coefficient (Wildman–Crippen LogP) is 2.94. The van der Waals surface area contributed by atoms with Gasteiger partial charge in [0.2, 0.25) is 0 Å². The first-order chi connectivity index (χ1) is 9.76. The maximum Gasteiger partial charge on any atom is 0.148 e. The van der Waals surface area contributed by atoms with Crippen molar-refractivity contribution < 1.29 is 0 Å². The molecule has 1 aromatic rings. The van der Waals surface area contributed by atoms with Gasteiger partial charge in [0.15, 0.2) is 0 Å². The lowest BCUT2D eigenvalue weighted by Crippen LogP contribution is -2.25. The molecule has 1 aromatic heterocycles. The molecule has 0 aliphatic heterocycles. The summed E-state index contributed by atoms with van der Waals surface area (Å²) < 4.78 is 0. The van der Waals surface area contributed by atoms with Crippen molar-refractivity contribution in [3.05, 3.63) is 22.4 Å². The number of anilines is 1. The summed E-state index contributed by atoms with van der Waals surface area (Å²) in [7, 11) is 0. The predicted molar refractivity (Wildman–Crippen MR) is 78.5 cm³/mol. The second-order valence-electron chi connectivity index (χ2n) is 5.07. The van der Waals surface area contributed by atoms with E-state index in [1.165, 1.54) is 6.42 Å². The Kier molecular flexibility index (Phi) is 4.58. The summed E-state index contributed by atoms with van der Waals surface area (Å²) in [5.74, 6) is 0.690. The average molecular weight is 268 g/mol. The van der Waals surface area contributed by atoms with Crippen molar-refractivity contribution in [1.29, 1.82) is 10.5 Å². The zero-order chi connectivity index (χ0) is 14.5. The zero-order valence-electron chi connectivity index (χ0n) is 12.2. The molecular formula is C16H20N4. The lowest BCUT2D eigenvalue weighted by Gasteiger charge is -2.23. The molecule has 0 N–H and O–H groups in total. The standard InChI is InChI=1S/C16H20N4/c1-3-20(4-2)16-14(11-18)13(10-17)12-8-6-5-7-9-15(12)19-16/h3-9H2,1-2H3. The Morgan fingerprint density at radius 3 is 2.25 bits per heavy atom. The van der Waals surface area contributed by atoms with E-state index in [9.17, 15) is 10.5 Å². The third-order valence-electron chi connectivity index (χ3n) is 3.99. The lowest BCUT2D eigenvalue weighted by atomic mass is 9.98. The Balaban J connectivity index is 2.68. The Morgan fingerprint density at radius 2 is 1.65 bits per heavy atom. The number of aromatic nitrogens is 1. The van der Waals surface area contributed by atoms with Crippen LogP contribution >= 0.6 is 0 Å². The molecule has 1 aliphatic rings. The van der Waals surface area contributed by atoms with Crippen molar-refractivity contribution in [2.75, 3.05) is 18.0 Å². The maximum atomic E-state index is 9.50. The zero-order valence-corrected chi connectivity index (χ0v) is 12.2. The lowest BCUT2D eigenvalue weighted by molar-refractivity contribution is 0.708. The van der Waals surface area contributed by atoms with Crippen LogP contribution in [-0.4, -0.2) is 18.1 Å². The van der Waals surface area contributed by atoms with Crippen LogP contribution in [0.2, 0.25) is 0 Å².